The predicted molar refractivity (Wildman–Crippen MR) is 64.6 cm³/mol. The molecule has 4 N–H and O–H groups in total. The molecule has 1 amide bonds. The van der Waals surface area contributed by atoms with E-state index in [1.807, 2.05) is 0 Å². The van der Waals surface area contributed by atoms with Gasteiger partial charge in [0.15, 0.2) is 5.82 Å². The first-order valence-corrected chi connectivity index (χ1v) is 6.71. The van der Waals surface area contributed by atoms with Crippen molar-refractivity contribution in [3.63, 3.8) is 0 Å². The van der Waals surface area contributed by atoms with Gasteiger partial charge in [-0.1, -0.05) is 0 Å². The minimum atomic E-state index is -4.15. The number of amides is 1. The highest BCUT2D eigenvalue weighted by Crippen LogP contribution is 2.22. The van der Waals surface area contributed by atoms with Crippen LogP contribution in [0.3, 0.4) is 0 Å². The first-order chi connectivity index (χ1) is 8.75. The quantitative estimate of drug-likeness (QED) is 0.524. The van der Waals surface area contributed by atoms with Gasteiger partial charge in [0.2, 0.25) is 15.9 Å². The number of anilines is 1. The second-order valence-corrected chi connectivity index (χ2v) is 5.39. The van der Waals surface area contributed by atoms with E-state index in [2.05, 4.69) is 10.0 Å². The summed E-state index contributed by atoms with van der Waals surface area (Å²) in [6.45, 7) is 1.19. The fourth-order valence-corrected chi connectivity index (χ4v) is 2.38. The standard InChI is InChI=1S/C10H13F2N3O3S/c1-6(16)14-4-5-15-19(17,18)8-3-2-7(11)10(13)9(8)12/h2-3,15H,4-5,13H2,1H3,(H,14,16). The van der Waals surface area contributed by atoms with Gasteiger partial charge in [-0.3, -0.25) is 4.79 Å². The number of hydrogen-bond donors (Lipinski definition) is 3. The number of carbonyl (C=O) groups is 1. The van der Waals surface area contributed by atoms with Gasteiger partial charge in [0.1, 0.15) is 16.4 Å². The SMILES string of the molecule is CC(=O)NCCNS(=O)(=O)c1ccc(F)c(N)c1F. The molecule has 0 radical (unpaired) electrons. The molecule has 0 spiro atoms. The molecule has 19 heavy (non-hydrogen) atoms. The molecule has 0 aromatic heterocycles. The molecular formula is C10H13F2N3O3S. The van der Waals surface area contributed by atoms with Crippen molar-refractivity contribution in [3.05, 3.63) is 23.8 Å². The van der Waals surface area contributed by atoms with Crippen LogP contribution in [0.4, 0.5) is 14.5 Å². The third kappa shape index (κ3) is 3.86. The van der Waals surface area contributed by atoms with Crippen LogP contribution in [0.5, 0.6) is 0 Å². The molecule has 0 aliphatic rings. The summed E-state index contributed by atoms with van der Waals surface area (Å²) in [5.74, 6) is -2.70. The van der Waals surface area contributed by atoms with Crippen molar-refractivity contribution in [1.82, 2.24) is 10.0 Å². The lowest BCUT2D eigenvalue weighted by Gasteiger charge is -2.09. The molecule has 9 heteroatoms. The zero-order valence-electron chi connectivity index (χ0n) is 10.0. The van der Waals surface area contributed by atoms with E-state index >= 15 is 0 Å². The van der Waals surface area contributed by atoms with Crippen molar-refractivity contribution in [2.24, 2.45) is 0 Å². The molecule has 1 aromatic carbocycles. The second-order valence-electron chi connectivity index (χ2n) is 3.65. The predicted octanol–water partition coefficient (Wildman–Crippen LogP) is -0.0386. The van der Waals surface area contributed by atoms with Gasteiger partial charge in [-0.25, -0.2) is 21.9 Å². The Morgan fingerprint density at radius 1 is 1.32 bits per heavy atom. The molecule has 0 unspecified atom stereocenters. The first-order valence-electron chi connectivity index (χ1n) is 5.23. The maximum atomic E-state index is 13.5. The van der Waals surface area contributed by atoms with E-state index in [1.165, 1.54) is 6.92 Å². The molecule has 0 aliphatic heterocycles. The van der Waals surface area contributed by atoms with Crippen molar-refractivity contribution in [2.45, 2.75) is 11.8 Å². The Morgan fingerprint density at radius 3 is 2.53 bits per heavy atom. The first kappa shape index (κ1) is 15.3. The molecule has 1 rings (SSSR count). The third-order valence-electron chi connectivity index (χ3n) is 2.17. The van der Waals surface area contributed by atoms with Gasteiger partial charge in [0.25, 0.3) is 0 Å². The Bertz CT molecular complexity index is 590. The fraction of sp³-hybridized carbons (Fsp3) is 0.300. The minimum absolute atomic E-state index is 0.0485. The van der Waals surface area contributed by atoms with Crippen LogP contribution in [0, 0.1) is 11.6 Å². The maximum Gasteiger partial charge on any atom is 0.243 e. The highest BCUT2D eigenvalue weighted by molar-refractivity contribution is 7.89. The number of carbonyl (C=O) groups excluding carboxylic acids is 1. The number of nitrogens with two attached hydrogens (primary N) is 1. The average Bonchev–Trinajstić information content (AvgIpc) is 2.31. The van der Waals surface area contributed by atoms with Crippen molar-refractivity contribution >= 4 is 21.6 Å². The van der Waals surface area contributed by atoms with Crippen LogP contribution in [0.2, 0.25) is 0 Å². The molecule has 6 nitrogen and oxygen atoms in total. The number of rotatable bonds is 5. The van der Waals surface area contributed by atoms with Crippen LogP contribution in [-0.2, 0) is 14.8 Å². The largest absolute Gasteiger partial charge is 0.394 e. The summed E-state index contributed by atoms with van der Waals surface area (Å²) in [4.78, 5) is 9.83. The third-order valence-corrected chi connectivity index (χ3v) is 3.65. The zero-order chi connectivity index (χ0) is 14.6. The molecule has 0 saturated carbocycles. The van der Waals surface area contributed by atoms with Gasteiger partial charge in [-0.05, 0) is 12.1 Å². The number of sulfonamides is 1. The van der Waals surface area contributed by atoms with Gasteiger partial charge in [0.05, 0.1) is 0 Å². The lowest BCUT2D eigenvalue weighted by atomic mass is 10.3. The Kier molecular flexibility index (Phi) is 4.78. The lowest BCUT2D eigenvalue weighted by Crippen LogP contribution is -2.34. The topological polar surface area (TPSA) is 101 Å². The highest BCUT2D eigenvalue weighted by atomic mass is 32.2. The average molecular weight is 293 g/mol. The molecular weight excluding hydrogens is 280 g/mol. The van der Waals surface area contributed by atoms with Crippen molar-refractivity contribution in [3.8, 4) is 0 Å². The Morgan fingerprint density at radius 2 is 1.95 bits per heavy atom. The Balaban J connectivity index is 2.84. The smallest absolute Gasteiger partial charge is 0.243 e. The summed E-state index contributed by atoms with van der Waals surface area (Å²) in [5.41, 5.74) is 4.22. The van der Waals surface area contributed by atoms with Crippen LogP contribution >= 0.6 is 0 Å². The molecule has 1 aromatic rings. The number of hydrogen-bond acceptors (Lipinski definition) is 4. The van der Waals surface area contributed by atoms with Gasteiger partial charge >= 0.3 is 0 Å². The summed E-state index contributed by atoms with van der Waals surface area (Å²) in [6, 6.07) is 1.54. The summed E-state index contributed by atoms with van der Waals surface area (Å²) in [6.07, 6.45) is 0. The molecule has 0 fully saturated rings. The van der Waals surface area contributed by atoms with E-state index < -0.39 is 32.2 Å². The van der Waals surface area contributed by atoms with E-state index in [0.717, 1.165) is 12.1 Å². The zero-order valence-corrected chi connectivity index (χ0v) is 10.9. The van der Waals surface area contributed by atoms with Crippen LogP contribution in [0.15, 0.2) is 17.0 Å². The number of nitrogen functional groups attached to an aromatic ring is 1. The van der Waals surface area contributed by atoms with Crippen molar-refractivity contribution in [1.29, 1.82) is 0 Å². The van der Waals surface area contributed by atoms with Crippen molar-refractivity contribution < 1.29 is 22.0 Å². The Labute approximate surface area is 109 Å². The number of nitrogens with one attached hydrogen (secondary N) is 2. The highest BCUT2D eigenvalue weighted by Gasteiger charge is 2.22. The minimum Gasteiger partial charge on any atom is -0.394 e. The number of benzene rings is 1. The Hall–Kier alpha value is -1.74. The monoisotopic (exact) mass is 293 g/mol. The van der Waals surface area contributed by atoms with Gasteiger partial charge in [0, 0.05) is 20.0 Å². The van der Waals surface area contributed by atoms with Crippen LogP contribution in [0.1, 0.15) is 6.92 Å². The van der Waals surface area contributed by atoms with E-state index in [9.17, 15) is 22.0 Å². The molecule has 0 aliphatic carbocycles. The normalized spacial score (nSPS) is 11.3. The van der Waals surface area contributed by atoms with Crippen LogP contribution < -0.4 is 15.8 Å². The molecule has 0 atom stereocenters. The fourth-order valence-electron chi connectivity index (χ4n) is 1.26. The maximum absolute atomic E-state index is 13.5. The molecule has 0 heterocycles. The lowest BCUT2D eigenvalue weighted by molar-refractivity contribution is -0.118. The molecule has 0 bridgehead atoms. The van der Waals surface area contributed by atoms with Crippen LogP contribution in [0.25, 0.3) is 0 Å². The summed E-state index contributed by atoms with van der Waals surface area (Å²) in [5, 5.41) is 2.36. The van der Waals surface area contributed by atoms with Gasteiger partial charge < -0.3 is 11.1 Å². The summed E-state index contributed by atoms with van der Waals surface area (Å²) >= 11 is 0. The van der Waals surface area contributed by atoms with E-state index in [-0.39, 0.29) is 19.0 Å². The van der Waals surface area contributed by atoms with E-state index in [0.29, 0.717) is 0 Å². The second kappa shape index (κ2) is 5.93. The van der Waals surface area contributed by atoms with Crippen LogP contribution in [-0.4, -0.2) is 27.4 Å². The van der Waals surface area contributed by atoms with Gasteiger partial charge in [-0.15, -0.1) is 0 Å². The number of halogens is 2. The summed E-state index contributed by atoms with van der Waals surface area (Å²) in [7, 11) is -4.15. The van der Waals surface area contributed by atoms with Crippen molar-refractivity contribution in [2.75, 3.05) is 18.8 Å². The van der Waals surface area contributed by atoms with E-state index in [4.69, 9.17) is 5.73 Å². The van der Waals surface area contributed by atoms with E-state index in [1.54, 1.807) is 0 Å². The molecule has 0 saturated heterocycles. The van der Waals surface area contributed by atoms with Gasteiger partial charge in [-0.2, -0.15) is 0 Å². The summed E-state index contributed by atoms with van der Waals surface area (Å²) < 4.78 is 52.0. The molecule has 106 valence electrons.